The molecule has 0 saturated carbocycles. The molecule has 0 aliphatic rings. The number of anilines is 1. The number of carbonyl (C=O) groups excluding carboxylic acids is 1. The molecule has 0 heterocycles. The highest BCUT2D eigenvalue weighted by Gasteiger charge is 2.10. The number of halogens is 1. The van der Waals surface area contributed by atoms with E-state index in [9.17, 15) is 9.90 Å². The van der Waals surface area contributed by atoms with Crippen molar-refractivity contribution in [2.24, 2.45) is 5.10 Å². The van der Waals surface area contributed by atoms with E-state index in [-0.39, 0.29) is 11.3 Å². The van der Waals surface area contributed by atoms with E-state index in [1.165, 1.54) is 6.07 Å². The molecule has 0 saturated heterocycles. The smallest absolute Gasteiger partial charge is 0.275 e. The second kappa shape index (κ2) is 8.49. The van der Waals surface area contributed by atoms with Crippen LogP contribution >= 0.6 is 15.9 Å². The Labute approximate surface area is 150 Å². The minimum Gasteiger partial charge on any atom is -0.507 e. The highest BCUT2D eigenvalue weighted by molar-refractivity contribution is 9.10. The minimum atomic E-state index is -0.468. The van der Waals surface area contributed by atoms with E-state index in [4.69, 9.17) is 0 Å². The maximum absolute atomic E-state index is 12.0. The first kappa shape index (κ1) is 18.0. The Balaban J connectivity index is 2.01. The van der Waals surface area contributed by atoms with Crippen LogP contribution in [0.25, 0.3) is 0 Å². The van der Waals surface area contributed by atoms with E-state index in [0.717, 1.165) is 24.3 Å². The van der Waals surface area contributed by atoms with Crippen LogP contribution in [0.2, 0.25) is 0 Å². The van der Waals surface area contributed by atoms with Gasteiger partial charge in [-0.15, -0.1) is 0 Å². The van der Waals surface area contributed by atoms with Crippen LogP contribution in [-0.2, 0) is 0 Å². The third-order valence-corrected chi connectivity index (χ3v) is 4.10. The molecule has 2 N–H and O–H groups in total. The van der Waals surface area contributed by atoms with Crippen LogP contribution < -0.4 is 10.3 Å². The van der Waals surface area contributed by atoms with Crippen molar-refractivity contribution in [2.75, 3.05) is 18.0 Å². The van der Waals surface area contributed by atoms with Gasteiger partial charge in [-0.1, -0.05) is 28.1 Å². The molecular weight excluding hydrogens is 370 g/mol. The van der Waals surface area contributed by atoms with E-state index in [1.54, 1.807) is 18.3 Å². The van der Waals surface area contributed by atoms with Crippen molar-refractivity contribution in [3.63, 3.8) is 0 Å². The van der Waals surface area contributed by atoms with Gasteiger partial charge in [0, 0.05) is 23.2 Å². The number of nitrogens with one attached hydrogen (secondary N) is 1. The van der Waals surface area contributed by atoms with Crippen molar-refractivity contribution in [1.29, 1.82) is 0 Å². The number of phenols is 1. The molecule has 0 unspecified atom stereocenters. The largest absolute Gasteiger partial charge is 0.507 e. The average molecular weight is 390 g/mol. The number of hydrogen-bond donors (Lipinski definition) is 2. The molecule has 0 atom stereocenters. The molecule has 6 heteroatoms. The SMILES string of the molecule is CCN(CC)c1ccc(/C=N\NC(=O)c2cc(Br)ccc2O)cc1. The molecule has 126 valence electrons. The summed E-state index contributed by atoms with van der Waals surface area (Å²) in [6.45, 7) is 6.14. The van der Waals surface area contributed by atoms with Gasteiger partial charge < -0.3 is 10.0 Å². The molecule has 0 spiro atoms. The number of aromatic hydroxyl groups is 1. The second-order valence-electron chi connectivity index (χ2n) is 5.12. The van der Waals surface area contributed by atoms with E-state index in [0.29, 0.717) is 4.47 Å². The lowest BCUT2D eigenvalue weighted by Gasteiger charge is -2.20. The van der Waals surface area contributed by atoms with Crippen molar-refractivity contribution >= 4 is 33.7 Å². The number of nitrogens with zero attached hydrogens (tertiary/aromatic N) is 2. The summed E-state index contributed by atoms with van der Waals surface area (Å²) in [5.74, 6) is -0.556. The van der Waals surface area contributed by atoms with Gasteiger partial charge in [-0.05, 0) is 49.7 Å². The fraction of sp³-hybridized carbons (Fsp3) is 0.222. The summed E-state index contributed by atoms with van der Waals surface area (Å²) >= 11 is 3.27. The van der Waals surface area contributed by atoms with Crippen LogP contribution in [0, 0.1) is 0 Å². The molecule has 2 aromatic rings. The van der Waals surface area contributed by atoms with E-state index < -0.39 is 5.91 Å². The normalized spacial score (nSPS) is 10.8. The van der Waals surface area contributed by atoms with Crippen LogP contribution in [0.1, 0.15) is 29.8 Å². The van der Waals surface area contributed by atoms with Crippen molar-refractivity contribution in [2.45, 2.75) is 13.8 Å². The molecule has 0 aromatic heterocycles. The molecule has 2 rings (SSSR count). The maximum atomic E-state index is 12.0. The van der Waals surface area contributed by atoms with Gasteiger partial charge in [0.2, 0.25) is 0 Å². The van der Waals surface area contributed by atoms with Crippen molar-refractivity contribution < 1.29 is 9.90 Å². The minimum absolute atomic E-state index is 0.0884. The summed E-state index contributed by atoms with van der Waals surface area (Å²) in [4.78, 5) is 14.3. The Hall–Kier alpha value is -2.34. The molecule has 1 amide bonds. The third-order valence-electron chi connectivity index (χ3n) is 3.60. The highest BCUT2D eigenvalue weighted by Crippen LogP contribution is 2.21. The summed E-state index contributed by atoms with van der Waals surface area (Å²) < 4.78 is 0.710. The number of benzene rings is 2. The van der Waals surface area contributed by atoms with Gasteiger partial charge in [0.15, 0.2) is 0 Å². The second-order valence-corrected chi connectivity index (χ2v) is 6.04. The molecule has 5 nitrogen and oxygen atoms in total. The molecule has 2 aromatic carbocycles. The van der Waals surface area contributed by atoms with Crippen LogP contribution in [0.5, 0.6) is 5.75 Å². The first-order valence-electron chi connectivity index (χ1n) is 7.72. The van der Waals surface area contributed by atoms with Crippen molar-refractivity contribution in [3.8, 4) is 5.75 Å². The predicted molar refractivity (Wildman–Crippen MR) is 101 cm³/mol. The lowest BCUT2D eigenvalue weighted by atomic mass is 10.2. The first-order chi connectivity index (χ1) is 11.5. The molecule has 0 aliphatic heterocycles. The quantitative estimate of drug-likeness (QED) is 0.583. The Bertz CT molecular complexity index is 726. The number of amides is 1. The standard InChI is InChI=1S/C18H20BrN3O2/c1-3-22(4-2)15-8-5-13(6-9-15)12-20-21-18(24)16-11-14(19)7-10-17(16)23/h5-12,23H,3-4H2,1-2H3,(H,21,24)/b20-12-. The first-order valence-corrected chi connectivity index (χ1v) is 8.51. The summed E-state index contributed by atoms with van der Waals surface area (Å²) in [6, 6.07) is 12.6. The van der Waals surface area contributed by atoms with Crippen molar-refractivity contribution in [1.82, 2.24) is 5.43 Å². The number of phenolic OH excluding ortho intramolecular Hbond substituents is 1. The fourth-order valence-electron chi connectivity index (χ4n) is 2.28. The lowest BCUT2D eigenvalue weighted by Crippen LogP contribution is -2.21. The number of hydrogen-bond acceptors (Lipinski definition) is 4. The fourth-order valence-corrected chi connectivity index (χ4v) is 2.64. The van der Waals surface area contributed by atoms with Crippen LogP contribution in [0.3, 0.4) is 0 Å². The maximum Gasteiger partial charge on any atom is 0.275 e. The summed E-state index contributed by atoms with van der Waals surface area (Å²) in [5.41, 5.74) is 4.61. The topological polar surface area (TPSA) is 64.9 Å². The third kappa shape index (κ3) is 4.58. The van der Waals surface area contributed by atoms with E-state index in [2.05, 4.69) is 45.2 Å². The lowest BCUT2D eigenvalue weighted by molar-refractivity contribution is 0.0952. The molecule has 0 aliphatic carbocycles. The van der Waals surface area contributed by atoms with Crippen LogP contribution in [0.4, 0.5) is 5.69 Å². The van der Waals surface area contributed by atoms with Gasteiger partial charge in [-0.2, -0.15) is 5.10 Å². The summed E-state index contributed by atoms with van der Waals surface area (Å²) in [5, 5.41) is 13.7. The van der Waals surface area contributed by atoms with Gasteiger partial charge >= 0.3 is 0 Å². The van der Waals surface area contributed by atoms with E-state index in [1.807, 2.05) is 24.3 Å². The summed E-state index contributed by atoms with van der Waals surface area (Å²) in [7, 11) is 0. The van der Waals surface area contributed by atoms with Gasteiger partial charge in [-0.3, -0.25) is 4.79 Å². The van der Waals surface area contributed by atoms with Crippen LogP contribution in [-0.4, -0.2) is 30.3 Å². The van der Waals surface area contributed by atoms with Gasteiger partial charge in [-0.25, -0.2) is 5.43 Å². The average Bonchev–Trinajstić information content (AvgIpc) is 2.59. The van der Waals surface area contributed by atoms with Crippen molar-refractivity contribution in [3.05, 3.63) is 58.1 Å². The Morgan fingerprint density at radius 3 is 2.50 bits per heavy atom. The number of rotatable bonds is 6. The summed E-state index contributed by atoms with van der Waals surface area (Å²) in [6.07, 6.45) is 1.57. The monoisotopic (exact) mass is 389 g/mol. The van der Waals surface area contributed by atoms with Gasteiger partial charge in [0.1, 0.15) is 5.75 Å². The predicted octanol–water partition coefficient (Wildman–Crippen LogP) is 3.76. The zero-order valence-corrected chi connectivity index (χ0v) is 15.2. The Kier molecular flexibility index (Phi) is 6.37. The molecule has 0 fully saturated rings. The van der Waals surface area contributed by atoms with Gasteiger partial charge in [0.05, 0.1) is 11.8 Å². The Morgan fingerprint density at radius 1 is 1.21 bits per heavy atom. The van der Waals surface area contributed by atoms with E-state index >= 15 is 0 Å². The molecule has 24 heavy (non-hydrogen) atoms. The number of hydrazone groups is 1. The molecule has 0 radical (unpaired) electrons. The highest BCUT2D eigenvalue weighted by atomic mass is 79.9. The van der Waals surface area contributed by atoms with Crippen LogP contribution in [0.15, 0.2) is 52.0 Å². The number of carbonyl (C=O) groups is 1. The van der Waals surface area contributed by atoms with Gasteiger partial charge in [0.25, 0.3) is 5.91 Å². The molecule has 0 bridgehead atoms. The Morgan fingerprint density at radius 2 is 1.88 bits per heavy atom. The molecular formula is C18H20BrN3O2. The zero-order valence-electron chi connectivity index (χ0n) is 13.7. The zero-order chi connectivity index (χ0) is 17.5.